The molecule has 2 aromatic rings. The van der Waals surface area contributed by atoms with E-state index in [2.05, 4.69) is 9.97 Å². The Bertz CT molecular complexity index is 655. The number of hydrogen-bond acceptors (Lipinski definition) is 9. The molecule has 0 saturated carbocycles. The van der Waals surface area contributed by atoms with Crippen molar-refractivity contribution in [2.24, 2.45) is 0 Å². The number of aromatic nitrogens is 2. The minimum Gasteiger partial charge on any atom is -0.461 e. The quantitative estimate of drug-likeness (QED) is 0.795. The molecule has 2 N–H and O–H groups in total. The molecular weight excluding hydrogens is 374 g/mol. The number of nitrogens with two attached hydrogens (primary N) is 1. The number of thiazole rings is 2. The standard InChI is InChI=1S/C7H8ClNO2S.C7H10N2O2S/c2*1-3-11-6(10)5-4(2)12-7(8)9-5/h3H2,1-2H3;3H2,1-2H3,(H2,8,9). The van der Waals surface area contributed by atoms with Gasteiger partial charge in [0, 0.05) is 9.75 Å². The van der Waals surface area contributed by atoms with E-state index in [0.717, 1.165) is 9.75 Å². The summed E-state index contributed by atoms with van der Waals surface area (Å²) in [7, 11) is 0. The van der Waals surface area contributed by atoms with Crippen LogP contribution in [0.5, 0.6) is 0 Å². The Morgan fingerprint density at radius 2 is 1.46 bits per heavy atom. The molecule has 0 aromatic carbocycles. The first-order chi connectivity index (χ1) is 11.3. The Morgan fingerprint density at radius 3 is 1.79 bits per heavy atom. The van der Waals surface area contributed by atoms with Gasteiger partial charge < -0.3 is 15.2 Å². The van der Waals surface area contributed by atoms with Crippen molar-refractivity contribution in [2.45, 2.75) is 27.7 Å². The zero-order chi connectivity index (χ0) is 18.3. The van der Waals surface area contributed by atoms with Crippen LogP contribution in [0.3, 0.4) is 0 Å². The molecule has 132 valence electrons. The maximum atomic E-state index is 11.1. The van der Waals surface area contributed by atoms with E-state index in [0.29, 0.717) is 34.2 Å². The summed E-state index contributed by atoms with van der Waals surface area (Å²) in [4.78, 5) is 31.6. The number of nitrogen functional groups attached to an aromatic ring is 1. The van der Waals surface area contributed by atoms with E-state index in [1.165, 1.54) is 22.7 Å². The Balaban J connectivity index is 0.000000240. The summed E-state index contributed by atoms with van der Waals surface area (Å²) in [5.41, 5.74) is 6.07. The van der Waals surface area contributed by atoms with Gasteiger partial charge in [-0.05, 0) is 27.7 Å². The topological polar surface area (TPSA) is 104 Å². The van der Waals surface area contributed by atoms with Crippen molar-refractivity contribution < 1.29 is 19.1 Å². The van der Waals surface area contributed by atoms with Gasteiger partial charge in [-0.3, -0.25) is 0 Å². The molecule has 0 radical (unpaired) electrons. The SMILES string of the molecule is CCOC(=O)c1nc(Cl)sc1C.CCOC(=O)c1nc(N)sc1C. The number of carbonyl (C=O) groups excluding carboxylic acids is 2. The maximum absolute atomic E-state index is 11.1. The van der Waals surface area contributed by atoms with Crippen LogP contribution in [-0.2, 0) is 9.47 Å². The van der Waals surface area contributed by atoms with Crippen molar-refractivity contribution in [3.8, 4) is 0 Å². The summed E-state index contributed by atoms with van der Waals surface area (Å²) < 4.78 is 9.91. The monoisotopic (exact) mass is 391 g/mol. The average Bonchev–Trinajstić information content (AvgIpc) is 3.01. The van der Waals surface area contributed by atoms with Crippen LogP contribution in [0.1, 0.15) is 44.6 Å². The van der Waals surface area contributed by atoms with E-state index in [9.17, 15) is 9.59 Å². The molecule has 0 bridgehead atoms. The van der Waals surface area contributed by atoms with Crippen LogP contribution in [0.4, 0.5) is 5.13 Å². The third-order valence-electron chi connectivity index (χ3n) is 2.52. The van der Waals surface area contributed by atoms with E-state index in [1.54, 1.807) is 27.7 Å². The maximum Gasteiger partial charge on any atom is 0.358 e. The van der Waals surface area contributed by atoms with Gasteiger partial charge in [-0.25, -0.2) is 19.6 Å². The van der Waals surface area contributed by atoms with Gasteiger partial charge >= 0.3 is 11.9 Å². The van der Waals surface area contributed by atoms with Gasteiger partial charge in [-0.1, -0.05) is 11.6 Å². The average molecular weight is 392 g/mol. The molecular formula is C14H18ClN3O4S2. The number of rotatable bonds is 4. The van der Waals surface area contributed by atoms with Crippen LogP contribution in [0.25, 0.3) is 0 Å². The smallest absolute Gasteiger partial charge is 0.358 e. The van der Waals surface area contributed by atoms with Crippen LogP contribution in [0.15, 0.2) is 0 Å². The second kappa shape index (κ2) is 9.55. The molecule has 0 atom stereocenters. The first kappa shape index (κ1) is 20.3. The zero-order valence-electron chi connectivity index (χ0n) is 13.7. The predicted octanol–water partition coefficient (Wildman–Crippen LogP) is 3.49. The fourth-order valence-corrected chi connectivity index (χ4v) is 3.28. The molecule has 0 spiro atoms. The van der Waals surface area contributed by atoms with E-state index in [4.69, 9.17) is 26.8 Å². The number of anilines is 1. The molecule has 0 aliphatic rings. The molecule has 2 heterocycles. The van der Waals surface area contributed by atoms with Gasteiger partial charge in [0.2, 0.25) is 0 Å². The molecule has 0 aliphatic heterocycles. The van der Waals surface area contributed by atoms with Crippen molar-refractivity contribution in [1.82, 2.24) is 9.97 Å². The lowest BCUT2D eigenvalue weighted by atomic mass is 10.4. The third-order valence-corrected chi connectivity index (χ3v) is 4.40. The van der Waals surface area contributed by atoms with Gasteiger partial charge in [-0.15, -0.1) is 22.7 Å². The van der Waals surface area contributed by atoms with Crippen molar-refractivity contribution in [2.75, 3.05) is 18.9 Å². The van der Waals surface area contributed by atoms with E-state index in [-0.39, 0.29) is 0 Å². The molecule has 2 aromatic heterocycles. The molecule has 10 heteroatoms. The molecule has 0 saturated heterocycles. The first-order valence-electron chi connectivity index (χ1n) is 7.00. The normalized spacial score (nSPS) is 9.88. The van der Waals surface area contributed by atoms with Crippen molar-refractivity contribution in [3.05, 3.63) is 25.6 Å². The van der Waals surface area contributed by atoms with E-state index >= 15 is 0 Å². The van der Waals surface area contributed by atoms with Gasteiger partial charge in [0.25, 0.3) is 0 Å². The summed E-state index contributed by atoms with van der Waals surface area (Å²) in [6.45, 7) is 7.80. The van der Waals surface area contributed by atoms with Gasteiger partial charge in [-0.2, -0.15) is 0 Å². The first-order valence-corrected chi connectivity index (χ1v) is 9.01. The number of hydrogen-bond donors (Lipinski definition) is 1. The predicted molar refractivity (Wildman–Crippen MR) is 95.0 cm³/mol. The zero-order valence-corrected chi connectivity index (χ0v) is 16.1. The molecule has 2 rings (SSSR count). The molecule has 0 unspecified atom stereocenters. The lowest BCUT2D eigenvalue weighted by molar-refractivity contribution is 0.0510. The summed E-state index contributed by atoms with van der Waals surface area (Å²) in [6, 6.07) is 0. The van der Waals surface area contributed by atoms with Gasteiger partial charge in [0.15, 0.2) is 21.0 Å². The van der Waals surface area contributed by atoms with Crippen LogP contribution < -0.4 is 5.73 Å². The molecule has 0 aliphatic carbocycles. The van der Waals surface area contributed by atoms with Crippen molar-refractivity contribution in [3.63, 3.8) is 0 Å². The van der Waals surface area contributed by atoms with Crippen LogP contribution in [0, 0.1) is 13.8 Å². The Hall–Kier alpha value is -1.71. The Labute approximate surface area is 152 Å². The van der Waals surface area contributed by atoms with Gasteiger partial charge in [0.1, 0.15) is 0 Å². The molecule has 0 amide bonds. The lowest BCUT2D eigenvalue weighted by Crippen LogP contribution is -2.06. The Morgan fingerprint density at radius 1 is 1.00 bits per heavy atom. The third kappa shape index (κ3) is 5.73. The van der Waals surface area contributed by atoms with Crippen LogP contribution >= 0.6 is 34.3 Å². The minimum atomic E-state index is -0.404. The van der Waals surface area contributed by atoms with E-state index in [1.807, 2.05) is 0 Å². The lowest BCUT2D eigenvalue weighted by Gasteiger charge is -1.97. The number of esters is 2. The summed E-state index contributed by atoms with van der Waals surface area (Å²) in [5.74, 6) is -0.805. The summed E-state index contributed by atoms with van der Waals surface area (Å²) in [5, 5.41) is 0.399. The number of ether oxygens (including phenoxy) is 2. The summed E-state index contributed by atoms with van der Waals surface area (Å²) >= 11 is 8.18. The molecule has 7 nitrogen and oxygen atoms in total. The fraction of sp³-hybridized carbons (Fsp3) is 0.429. The molecule has 0 fully saturated rings. The van der Waals surface area contributed by atoms with Crippen LogP contribution in [-0.4, -0.2) is 35.1 Å². The second-order valence-electron chi connectivity index (χ2n) is 4.27. The highest BCUT2D eigenvalue weighted by molar-refractivity contribution is 7.16. The van der Waals surface area contributed by atoms with Crippen molar-refractivity contribution in [1.29, 1.82) is 0 Å². The second-order valence-corrected chi connectivity index (χ2v) is 7.29. The summed E-state index contributed by atoms with van der Waals surface area (Å²) in [6.07, 6.45) is 0. The highest BCUT2D eigenvalue weighted by Crippen LogP contribution is 2.22. The van der Waals surface area contributed by atoms with Gasteiger partial charge in [0.05, 0.1) is 13.2 Å². The molecule has 24 heavy (non-hydrogen) atoms. The Kier molecular flexibility index (Phi) is 8.09. The number of halogens is 1. The fourth-order valence-electron chi connectivity index (χ4n) is 1.56. The number of nitrogens with zero attached hydrogens (tertiary/aromatic N) is 2. The highest BCUT2D eigenvalue weighted by atomic mass is 35.5. The van der Waals surface area contributed by atoms with E-state index < -0.39 is 11.9 Å². The number of aryl methyl sites for hydroxylation is 2. The number of carbonyl (C=O) groups is 2. The minimum absolute atomic E-state index is 0.326. The largest absolute Gasteiger partial charge is 0.461 e. The van der Waals surface area contributed by atoms with Crippen LogP contribution in [0.2, 0.25) is 4.47 Å². The van der Waals surface area contributed by atoms with Crippen molar-refractivity contribution >= 4 is 51.3 Å². The highest BCUT2D eigenvalue weighted by Gasteiger charge is 2.15.